The fraction of sp³-hybridized carbons (Fsp3) is 0.909. The monoisotopic (exact) mass is 162 g/mol. The molecule has 0 N–H and O–H groups in total. The van der Waals surface area contributed by atoms with E-state index in [0.29, 0.717) is 11.7 Å². The zero-order chi connectivity index (χ0) is 7.87. The Balaban J connectivity index is 1.89. The molecule has 1 nitrogen and oxygen atoms in total. The summed E-state index contributed by atoms with van der Waals surface area (Å²) in [5.41, 5.74) is 0. The number of rotatable bonds is 0. The third-order valence-corrected chi connectivity index (χ3v) is 5.20. The van der Waals surface area contributed by atoms with Crippen LogP contribution >= 0.6 is 0 Å². The van der Waals surface area contributed by atoms with E-state index in [0.717, 1.165) is 36.0 Å². The quantitative estimate of drug-likeness (QED) is 0.531. The fourth-order valence-electron chi connectivity index (χ4n) is 5.07. The van der Waals surface area contributed by atoms with Crippen molar-refractivity contribution in [3.63, 3.8) is 0 Å². The largest absolute Gasteiger partial charge is 0.299 e. The molecule has 6 atom stereocenters. The summed E-state index contributed by atoms with van der Waals surface area (Å²) in [7, 11) is 0. The highest BCUT2D eigenvalue weighted by Crippen LogP contribution is 2.68. The second kappa shape index (κ2) is 1.64. The Labute approximate surface area is 72.5 Å². The molecule has 1 heteroatoms. The first kappa shape index (κ1) is 6.17. The molecule has 0 heterocycles. The van der Waals surface area contributed by atoms with Crippen LogP contribution in [-0.2, 0) is 4.79 Å². The number of carbonyl (C=O) groups excluding carboxylic acids is 1. The molecular weight excluding hydrogens is 148 g/mol. The summed E-state index contributed by atoms with van der Waals surface area (Å²) in [5, 5.41) is 0. The van der Waals surface area contributed by atoms with Gasteiger partial charge in [-0.05, 0) is 48.9 Å². The summed E-state index contributed by atoms with van der Waals surface area (Å²) in [6.07, 6.45) is 5.26. The van der Waals surface area contributed by atoms with E-state index >= 15 is 0 Å². The summed E-state index contributed by atoms with van der Waals surface area (Å²) in [5.74, 6) is 5.79. The minimum absolute atomic E-state index is 0.554. The van der Waals surface area contributed by atoms with Crippen molar-refractivity contribution in [2.24, 2.45) is 35.5 Å². The maximum atomic E-state index is 11.6. The molecule has 0 aromatic heterocycles. The zero-order valence-corrected chi connectivity index (χ0v) is 7.20. The van der Waals surface area contributed by atoms with Crippen molar-refractivity contribution in [1.29, 1.82) is 0 Å². The minimum Gasteiger partial charge on any atom is -0.299 e. The van der Waals surface area contributed by atoms with Crippen LogP contribution in [0.25, 0.3) is 0 Å². The molecule has 0 aliphatic heterocycles. The van der Waals surface area contributed by atoms with Gasteiger partial charge in [0.15, 0.2) is 0 Å². The van der Waals surface area contributed by atoms with E-state index < -0.39 is 0 Å². The average Bonchev–Trinajstić information content (AvgIpc) is 2.59. The summed E-state index contributed by atoms with van der Waals surface area (Å²) < 4.78 is 0. The Kier molecular flexibility index (Phi) is 0.843. The normalized spacial score (nSPS) is 65.2. The van der Waals surface area contributed by atoms with Crippen molar-refractivity contribution >= 4 is 5.78 Å². The summed E-state index contributed by atoms with van der Waals surface area (Å²) in [6.45, 7) is 0. The molecule has 5 aliphatic rings. The van der Waals surface area contributed by atoms with E-state index in [-0.39, 0.29) is 0 Å². The van der Waals surface area contributed by atoms with Gasteiger partial charge in [-0.15, -0.1) is 0 Å². The van der Waals surface area contributed by atoms with Crippen molar-refractivity contribution < 1.29 is 4.79 Å². The third-order valence-electron chi connectivity index (χ3n) is 5.20. The van der Waals surface area contributed by atoms with Gasteiger partial charge in [0.1, 0.15) is 5.78 Å². The Morgan fingerprint density at radius 2 is 1.58 bits per heavy atom. The topological polar surface area (TPSA) is 17.1 Å². The molecule has 0 aromatic rings. The van der Waals surface area contributed by atoms with Crippen LogP contribution in [0.1, 0.15) is 25.7 Å². The van der Waals surface area contributed by atoms with Crippen molar-refractivity contribution in [3.8, 4) is 0 Å². The predicted molar refractivity (Wildman–Crippen MR) is 44.4 cm³/mol. The second-order valence-corrected chi connectivity index (χ2v) is 5.42. The van der Waals surface area contributed by atoms with Gasteiger partial charge in [-0.3, -0.25) is 4.79 Å². The molecule has 6 unspecified atom stereocenters. The molecule has 0 radical (unpaired) electrons. The first-order chi connectivity index (χ1) is 5.84. The van der Waals surface area contributed by atoms with E-state index in [2.05, 4.69) is 0 Å². The molecule has 0 aromatic carbocycles. The van der Waals surface area contributed by atoms with Crippen molar-refractivity contribution in [1.82, 2.24) is 0 Å². The Morgan fingerprint density at radius 3 is 2.33 bits per heavy atom. The highest BCUT2D eigenvalue weighted by Gasteiger charge is 2.64. The van der Waals surface area contributed by atoms with E-state index in [1.165, 1.54) is 19.3 Å². The molecule has 5 fully saturated rings. The average molecular weight is 162 g/mol. The SMILES string of the molecule is O=C1CC2C3CC4CC2C1C3C4. The predicted octanol–water partition coefficient (Wildman–Crippen LogP) is 1.87. The van der Waals surface area contributed by atoms with Crippen LogP contribution in [0.4, 0.5) is 0 Å². The molecule has 0 amide bonds. The number of hydrogen-bond donors (Lipinski definition) is 0. The van der Waals surface area contributed by atoms with Crippen LogP contribution in [0.3, 0.4) is 0 Å². The maximum absolute atomic E-state index is 11.6. The van der Waals surface area contributed by atoms with Gasteiger partial charge in [-0.1, -0.05) is 0 Å². The van der Waals surface area contributed by atoms with Gasteiger partial charge < -0.3 is 0 Å². The molecular formula is C11H14O. The van der Waals surface area contributed by atoms with E-state index in [9.17, 15) is 4.79 Å². The van der Waals surface area contributed by atoms with Gasteiger partial charge in [-0.2, -0.15) is 0 Å². The first-order valence-corrected chi connectivity index (χ1v) is 5.37. The van der Waals surface area contributed by atoms with Crippen molar-refractivity contribution in [2.45, 2.75) is 25.7 Å². The van der Waals surface area contributed by atoms with Crippen molar-refractivity contribution in [3.05, 3.63) is 0 Å². The lowest BCUT2D eigenvalue weighted by molar-refractivity contribution is -0.124. The van der Waals surface area contributed by atoms with Crippen LogP contribution in [-0.4, -0.2) is 5.78 Å². The Bertz CT molecular complexity index is 266. The minimum atomic E-state index is 0.554. The smallest absolute Gasteiger partial charge is 0.136 e. The molecule has 5 rings (SSSR count). The van der Waals surface area contributed by atoms with Gasteiger partial charge in [0, 0.05) is 12.3 Å². The summed E-state index contributed by atoms with van der Waals surface area (Å²) in [6, 6.07) is 0. The molecule has 64 valence electrons. The molecule has 12 heavy (non-hydrogen) atoms. The van der Waals surface area contributed by atoms with Gasteiger partial charge in [0.2, 0.25) is 0 Å². The van der Waals surface area contributed by atoms with Gasteiger partial charge in [-0.25, -0.2) is 0 Å². The number of Topliss-reactive ketones (excluding diaryl/α,β-unsaturated/α-hetero) is 1. The van der Waals surface area contributed by atoms with Crippen LogP contribution in [0.15, 0.2) is 0 Å². The van der Waals surface area contributed by atoms with Crippen LogP contribution < -0.4 is 0 Å². The van der Waals surface area contributed by atoms with Crippen molar-refractivity contribution in [2.75, 3.05) is 0 Å². The molecule has 5 saturated carbocycles. The molecule has 5 aliphatic carbocycles. The van der Waals surface area contributed by atoms with E-state index in [1.807, 2.05) is 0 Å². The molecule has 6 bridgehead atoms. The highest BCUT2D eigenvalue weighted by atomic mass is 16.1. The standard InChI is InChI=1S/C11H14O/c12-10-4-7-6-1-5-2-8(6)11(10)9(7)3-5/h5-9,11H,1-4H2. The van der Waals surface area contributed by atoms with E-state index in [1.54, 1.807) is 0 Å². The molecule has 0 saturated heterocycles. The van der Waals surface area contributed by atoms with E-state index in [4.69, 9.17) is 0 Å². The summed E-state index contributed by atoms with van der Waals surface area (Å²) >= 11 is 0. The zero-order valence-electron chi connectivity index (χ0n) is 7.20. The highest BCUT2D eigenvalue weighted by molar-refractivity contribution is 5.85. The lowest BCUT2D eigenvalue weighted by Gasteiger charge is -2.28. The second-order valence-electron chi connectivity index (χ2n) is 5.42. The van der Waals surface area contributed by atoms with Gasteiger partial charge in [0.25, 0.3) is 0 Å². The van der Waals surface area contributed by atoms with Crippen LogP contribution in [0, 0.1) is 35.5 Å². The Morgan fingerprint density at radius 1 is 0.917 bits per heavy atom. The van der Waals surface area contributed by atoms with Gasteiger partial charge in [0.05, 0.1) is 0 Å². The molecule has 0 spiro atoms. The number of carbonyl (C=O) groups is 1. The maximum Gasteiger partial charge on any atom is 0.136 e. The van der Waals surface area contributed by atoms with Crippen LogP contribution in [0.5, 0.6) is 0 Å². The lowest BCUT2D eigenvalue weighted by atomic mass is 9.76. The fourth-order valence-corrected chi connectivity index (χ4v) is 5.07. The van der Waals surface area contributed by atoms with Crippen LogP contribution in [0.2, 0.25) is 0 Å². The first-order valence-electron chi connectivity index (χ1n) is 5.37. The summed E-state index contributed by atoms with van der Waals surface area (Å²) in [4.78, 5) is 11.6. The Hall–Kier alpha value is -0.330. The lowest BCUT2D eigenvalue weighted by Crippen LogP contribution is -2.25. The number of ketones is 1. The third kappa shape index (κ3) is 0.462. The van der Waals surface area contributed by atoms with Gasteiger partial charge >= 0.3 is 0 Å². The number of hydrogen-bond acceptors (Lipinski definition) is 1.